The van der Waals surface area contributed by atoms with Gasteiger partial charge < -0.3 is 4.90 Å². The highest BCUT2D eigenvalue weighted by Crippen LogP contribution is 2.21. The Hall–Kier alpha value is -0.790. The number of nitrogens with zero attached hydrogens (tertiary/aromatic N) is 1. The molecule has 0 saturated heterocycles. The number of hydrogen-bond donors (Lipinski definition) is 0. The normalized spacial score (nSPS) is 18.5. The van der Waals surface area contributed by atoms with Crippen molar-refractivity contribution in [1.82, 2.24) is 4.90 Å². The first-order chi connectivity index (χ1) is 4.63. The highest BCUT2D eigenvalue weighted by atomic mass is 16.2. The molecule has 0 atom stereocenters. The highest BCUT2D eigenvalue weighted by Gasteiger charge is 2.18. The van der Waals surface area contributed by atoms with E-state index in [9.17, 15) is 4.79 Å². The van der Waals surface area contributed by atoms with E-state index in [2.05, 4.69) is 6.92 Å². The van der Waals surface area contributed by atoms with Gasteiger partial charge in [0.2, 0.25) is 5.91 Å². The van der Waals surface area contributed by atoms with E-state index in [1.54, 1.807) is 6.92 Å². The third kappa shape index (κ3) is 1.06. The Morgan fingerprint density at radius 2 is 2.10 bits per heavy atom. The van der Waals surface area contributed by atoms with Gasteiger partial charge >= 0.3 is 0 Å². The molecule has 0 N–H and O–H groups in total. The average molecular weight is 139 g/mol. The molecular formula is C8H13NO. The minimum absolute atomic E-state index is 0.161. The standard InChI is InChI=1S/C8H13NO/c1-6-4-5-9(7(6)2)8(3)10/h4-5H2,1-3H3. The lowest BCUT2D eigenvalue weighted by Gasteiger charge is -2.14. The van der Waals surface area contributed by atoms with Crippen molar-refractivity contribution in [1.29, 1.82) is 0 Å². The molecule has 0 radical (unpaired) electrons. The summed E-state index contributed by atoms with van der Waals surface area (Å²) < 4.78 is 0. The van der Waals surface area contributed by atoms with Crippen LogP contribution in [0.25, 0.3) is 0 Å². The van der Waals surface area contributed by atoms with Crippen LogP contribution in [0.1, 0.15) is 27.2 Å². The van der Waals surface area contributed by atoms with E-state index in [0.29, 0.717) is 0 Å². The fraction of sp³-hybridized carbons (Fsp3) is 0.625. The number of hydrogen-bond acceptors (Lipinski definition) is 1. The van der Waals surface area contributed by atoms with Crippen LogP contribution in [0.4, 0.5) is 0 Å². The molecule has 0 spiro atoms. The summed E-state index contributed by atoms with van der Waals surface area (Å²) in [6.07, 6.45) is 1.05. The second kappa shape index (κ2) is 2.45. The van der Waals surface area contributed by atoms with Gasteiger partial charge in [-0.1, -0.05) is 5.57 Å². The van der Waals surface area contributed by atoms with Gasteiger partial charge in [-0.2, -0.15) is 0 Å². The molecule has 1 heterocycles. The van der Waals surface area contributed by atoms with Gasteiger partial charge in [0.05, 0.1) is 0 Å². The summed E-state index contributed by atoms with van der Waals surface area (Å²) in [6.45, 7) is 6.58. The first-order valence-electron chi connectivity index (χ1n) is 3.57. The zero-order valence-corrected chi connectivity index (χ0v) is 6.77. The average Bonchev–Trinajstić information content (AvgIpc) is 2.14. The fourth-order valence-corrected chi connectivity index (χ4v) is 1.25. The molecule has 0 saturated carbocycles. The SMILES string of the molecule is CC(=O)N1CCC(C)=C1C. The summed E-state index contributed by atoms with van der Waals surface area (Å²) in [5.74, 6) is 0.161. The molecule has 2 nitrogen and oxygen atoms in total. The van der Waals surface area contributed by atoms with Crippen LogP contribution >= 0.6 is 0 Å². The summed E-state index contributed by atoms with van der Waals surface area (Å²) >= 11 is 0. The smallest absolute Gasteiger partial charge is 0.223 e. The molecule has 0 aliphatic carbocycles. The number of carbonyl (C=O) groups excluding carboxylic acids is 1. The zero-order chi connectivity index (χ0) is 7.72. The van der Waals surface area contributed by atoms with Gasteiger partial charge in [-0.25, -0.2) is 0 Å². The van der Waals surface area contributed by atoms with Gasteiger partial charge in [0, 0.05) is 19.2 Å². The third-order valence-electron chi connectivity index (χ3n) is 2.11. The van der Waals surface area contributed by atoms with Gasteiger partial charge in [-0.15, -0.1) is 0 Å². The Kier molecular flexibility index (Phi) is 1.79. The maximum absolute atomic E-state index is 10.9. The Morgan fingerprint density at radius 3 is 2.30 bits per heavy atom. The number of allylic oxidation sites excluding steroid dienone is 1. The predicted molar refractivity (Wildman–Crippen MR) is 40.4 cm³/mol. The largest absolute Gasteiger partial charge is 0.316 e. The molecule has 0 unspecified atom stereocenters. The molecule has 0 bridgehead atoms. The van der Waals surface area contributed by atoms with E-state index in [1.165, 1.54) is 5.57 Å². The van der Waals surface area contributed by atoms with E-state index in [1.807, 2.05) is 11.8 Å². The summed E-state index contributed by atoms with van der Waals surface area (Å²) in [7, 11) is 0. The fourth-order valence-electron chi connectivity index (χ4n) is 1.25. The van der Waals surface area contributed by atoms with Crippen LogP contribution in [0.2, 0.25) is 0 Å². The molecule has 1 rings (SSSR count). The van der Waals surface area contributed by atoms with Gasteiger partial charge in [0.25, 0.3) is 0 Å². The molecule has 0 fully saturated rings. The summed E-state index contributed by atoms with van der Waals surface area (Å²) in [6, 6.07) is 0. The van der Waals surface area contributed by atoms with Crippen molar-refractivity contribution in [2.24, 2.45) is 0 Å². The lowest BCUT2D eigenvalue weighted by atomic mass is 10.2. The van der Waals surface area contributed by atoms with E-state index in [0.717, 1.165) is 18.7 Å². The quantitative estimate of drug-likeness (QED) is 0.498. The van der Waals surface area contributed by atoms with Crippen molar-refractivity contribution in [2.45, 2.75) is 27.2 Å². The van der Waals surface area contributed by atoms with Crippen LogP contribution in [0, 0.1) is 0 Å². The lowest BCUT2D eigenvalue weighted by molar-refractivity contribution is -0.126. The van der Waals surface area contributed by atoms with E-state index < -0.39 is 0 Å². The van der Waals surface area contributed by atoms with Crippen molar-refractivity contribution >= 4 is 5.91 Å². The summed E-state index contributed by atoms with van der Waals surface area (Å²) in [5, 5.41) is 0. The van der Waals surface area contributed by atoms with Gasteiger partial charge in [-0.05, 0) is 20.3 Å². The van der Waals surface area contributed by atoms with Crippen LogP contribution in [-0.4, -0.2) is 17.4 Å². The first-order valence-corrected chi connectivity index (χ1v) is 3.57. The lowest BCUT2D eigenvalue weighted by Crippen LogP contribution is -2.23. The Balaban J connectivity index is 2.77. The van der Waals surface area contributed by atoms with Crippen molar-refractivity contribution in [3.63, 3.8) is 0 Å². The molecule has 1 amide bonds. The maximum Gasteiger partial charge on any atom is 0.223 e. The zero-order valence-electron chi connectivity index (χ0n) is 6.77. The molecule has 56 valence electrons. The Morgan fingerprint density at radius 1 is 1.50 bits per heavy atom. The van der Waals surface area contributed by atoms with Crippen molar-refractivity contribution in [2.75, 3.05) is 6.54 Å². The second-order valence-corrected chi connectivity index (χ2v) is 2.79. The second-order valence-electron chi connectivity index (χ2n) is 2.79. The van der Waals surface area contributed by atoms with Gasteiger partial charge in [0.1, 0.15) is 0 Å². The Bertz CT molecular complexity index is 193. The number of amides is 1. The predicted octanol–water partition coefficient (Wildman–Crippen LogP) is 1.53. The molecule has 0 aromatic carbocycles. The molecule has 0 aromatic heterocycles. The minimum atomic E-state index is 0.161. The first kappa shape index (κ1) is 7.32. The number of carbonyl (C=O) groups is 1. The molecule has 2 heteroatoms. The van der Waals surface area contributed by atoms with E-state index in [4.69, 9.17) is 0 Å². The van der Waals surface area contributed by atoms with E-state index in [-0.39, 0.29) is 5.91 Å². The van der Waals surface area contributed by atoms with Crippen LogP contribution in [0.15, 0.2) is 11.3 Å². The molecule has 0 aromatic rings. The minimum Gasteiger partial charge on any atom is -0.316 e. The van der Waals surface area contributed by atoms with Crippen molar-refractivity contribution in [3.05, 3.63) is 11.3 Å². The molecule has 1 aliphatic rings. The maximum atomic E-state index is 10.9. The van der Waals surface area contributed by atoms with Crippen LogP contribution in [0.5, 0.6) is 0 Å². The van der Waals surface area contributed by atoms with Gasteiger partial charge in [0.15, 0.2) is 0 Å². The van der Waals surface area contributed by atoms with Crippen molar-refractivity contribution in [3.8, 4) is 0 Å². The van der Waals surface area contributed by atoms with Crippen LogP contribution in [0.3, 0.4) is 0 Å². The van der Waals surface area contributed by atoms with Crippen LogP contribution in [-0.2, 0) is 4.79 Å². The summed E-state index contributed by atoms with van der Waals surface area (Å²) in [4.78, 5) is 12.7. The topological polar surface area (TPSA) is 20.3 Å². The molecule has 1 aliphatic heterocycles. The molecular weight excluding hydrogens is 126 g/mol. The molecule has 10 heavy (non-hydrogen) atoms. The van der Waals surface area contributed by atoms with Crippen LogP contribution < -0.4 is 0 Å². The summed E-state index contributed by atoms with van der Waals surface area (Å²) in [5.41, 5.74) is 2.49. The number of rotatable bonds is 0. The van der Waals surface area contributed by atoms with E-state index >= 15 is 0 Å². The van der Waals surface area contributed by atoms with Crippen molar-refractivity contribution < 1.29 is 4.79 Å². The third-order valence-corrected chi connectivity index (χ3v) is 2.11. The van der Waals surface area contributed by atoms with Gasteiger partial charge in [-0.3, -0.25) is 4.79 Å². The highest BCUT2D eigenvalue weighted by molar-refractivity contribution is 5.75. The Labute approximate surface area is 61.5 Å². The monoisotopic (exact) mass is 139 g/mol.